The predicted octanol–water partition coefficient (Wildman–Crippen LogP) is 4.72. The number of anilines is 1. The van der Waals surface area contributed by atoms with Crippen molar-refractivity contribution in [3.8, 4) is 11.7 Å². The Morgan fingerprint density at radius 2 is 1.93 bits per heavy atom. The van der Waals surface area contributed by atoms with E-state index in [0.717, 1.165) is 29.4 Å². The molecule has 0 aliphatic carbocycles. The van der Waals surface area contributed by atoms with Crippen LogP contribution in [0.2, 0.25) is 0 Å². The Hall–Kier alpha value is -3.45. The first-order chi connectivity index (χ1) is 14.7. The van der Waals surface area contributed by atoms with E-state index in [4.69, 9.17) is 8.83 Å². The molecule has 0 aliphatic rings. The van der Waals surface area contributed by atoms with E-state index in [1.165, 1.54) is 0 Å². The van der Waals surface area contributed by atoms with Crippen molar-refractivity contribution in [2.45, 2.75) is 32.9 Å². The molecule has 4 aromatic rings. The van der Waals surface area contributed by atoms with Crippen molar-refractivity contribution in [3.63, 3.8) is 0 Å². The summed E-state index contributed by atoms with van der Waals surface area (Å²) in [7, 11) is 0. The van der Waals surface area contributed by atoms with Gasteiger partial charge in [-0.3, -0.25) is 9.69 Å². The van der Waals surface area contributed by atoms with E-state index < -0.39 is 0 Å². The number of nitrogens with zero attached hydrogens (tertiary/aromatic N) is 3. The molecule has 1 amide bonds. The fourth-order valence-corrected chi connectivity index (χ4v) is 3.43. The smallest absolute Gasteiger partial charge is 0.283 e. The van der Waals surface area contributed by atoms with Crippen LogP contribution in [-0.2, 0) is 11.3 Å². The summed E-state index contributed by atoms with van der Waals surface area (Å²) in [6, 6.07) is 17.1. The Bertz CT molecular complexity index is 1120. The molecule has 7 nitrogen and oxygen atoms in total. The van der Waals surface area contributed by atoms with Crippen LogP contribution in [0.4, 0.5) is 5.69 Å². The monoisotopic (exact) mass is 404 g/mol. The summed E-state index contributed by atoms with van der Waals surface area (Å²) in [4.78, 5) is 15.0. The van der Waals surface area contributed by atoms with Crippen LogP contribution in [0.15, 0.2) is 69.7 Å². The highest BCUT2D eigenvalue weighted by molar-refractivity contribution is 6.03. The van der Waals surface area contributed by atoms with Crippen molar-refractivity contribution in [2.75, 3.05) is 11.9 Å². The van der Waals surface area contributed by atoms with Crippen LogP contribution in [0.5, 0.6) is 0 Å². The molecule has 0 fully saturated rings. The number of aromatic nitrogens is 2. The third kappa shape index (κ3) is 4.26. The highest BCUT2D eigenvalue weighted by Crippen LogP contribution is 2.24. The number of carbonyl (C=O) groups is 1. The summed E-state index contributed by atoms with van der Waals surface area (Å²) in [6.45, 7) is 5.07. The van der Waals surface area contributed by atoms with E-state index in [0.29, 0.717) is 24.1 Å². The minimum atomic E-state index is -0.372. The van der Waals surface area contributed by atoms with Gasteiger partial charge < -0.3 is 14.2 Å². The number of hydrogen-bond donors (Lipinski definition) is 1. The molecule has 4 rings (SSSR count). The quantitative estimate of drug-likeness (QED) is 0.457. The van der Waals surface area contributed by atoms with Crippen molar-refractivity contribution >= 4 is 22.4 Å². The minimum Gasteiger partial charge on any atom is -0.459 e. The van der Waals surface area contributed by atoms with Gasteiger partial charge in [0.15, 0.2) is 5.76 Å². The molecule has 0 unspecified atom stereocenters. The lowest BCUT2D eigenvalue weighted by molar-refractivity contribution is -0.121. The molecule has 2 aromatic heterocycles. The molecule has 0 saturated heterocycles. The Kier molecular flexibility index (Phi) is 5.90. The Morgan fingerprint density at radius 1 is 1.10 bits per heavy atom. The number of benzene rings is 2. The highest BCUT2D eigenvalue weighted by atomic mass is 16.4. The van der Waals surface area contributed by atoms with Gasteiger partial charge in [-0.25, -0.2) is 0 Å². The third-order valence-corrected chi connectivity index (χ3v) is 5.02. The van der Waals surface area contributed by atoms with Crippen molar-refractivity contribution < 1.29 is 13.6 Å². The molecule has 1 N–H and O–H groups in total. The fourth-order valence-electron chi connectivity index (χ4n) is 3.43. The molecule has 30 heavy (non-hydrogen) atoms. The summed E-state index contributed by atoms with van der Waals surface area (Å²) in [5, 5.41) is 13.3. The molecular weight excluding hydrogens is 380 g/mol. The fraction of sp³-hybridized carbons (Fsp3) is 0.261. The zero-order chi connectivity index (χ0) is 20.9. The average molecular weight is 404 g/mol. The Labute approximate surface area is 174 Å². The van der Waals surface area contributed by atoms with Crippen molar-refractivity contribution in [2.24, 2.45) is 0 Å². The lowest BCUT2D eigenvalue weighted by Crippen LogP contribution is -2.42. The molecule has 0 radical (unpaired) electrons. The summed E-state index contributed by atoms with van der Waals surface area (Å²) >= 11 is 0. The molecule has 0 bridgehead atoms. The average Bonchev–Trinajstić information content (AvgIpc) is 3.45. The number of rotatable bonds is 8. The van der Waals surface area contributed by atoms with Crippen molar-refractivity contribution in [3.05, 3.63) is 66.8 Å². The molecule has 0 aliphatic heterocycles. The number of hydrogen-bond acceptors (Lipinski definition) is 6. The van der Waals surface area contributed by atoms with Crippen LogP contribution in [0.3, 0.4) is 0 Å². The zero-order valence-electron chi connectivity index (χ0n) is 17.0. The van der Waals surface area contributed by atoms with Gasteiger partial charge in [-0.1, -0.05) is 43.3 Å². The summed E-state index contributed by atoms with van der Waals surface area (Å²) < 4.78 is 11.0. The van der Waals surface area contributed by atoms with E-state index in [9.17, 15) is 4.79 Å². The predicted molar refractivity (Wildman–Crippen MR) is 115 cm³/mol. The number of nitrogens with one attached hydrogen (secondary N) is 1. The Balaban J connectivity index is 1.48. The highest BCUT2D eigenvalue weighted by Gasteiger charge is 2.24. The van der Waals surface area contributed by atoms with Gasteiger partial charge in [0, 0.05) is 11.1 Å². The topological polar surface area (TPSA) is 84.4 Å². The molecular formula is C23H24N4O3. The largest absolute Gasteiger partial charge is 0.459 e. The lowest BCUT2D eigenvalue weighted by Gasteiger charge is -2.26. The van der Waals surface area contributed by atoms with Gasteiger partial charge in [0.05, 0.1) is 18.8 Å². The second-order valence-corrected chi connectivity index (χ2v) is 7.14. The Morgan fingerprint density at radius 3 is 2.73 bits per heavy atom. The maximum Gasteiger partial charge on any atom is 0.283 e. The summed E-state index contributed by atoms with van der Waals surface area (Å²) in [5.41, 5.74) is 0.805. The van der Waals surface area contributed by atoms with Gasteiger partial charge in [0.1, 0.15) is 0 Å². The van der Waals surface area contributed by atoms with Gasteiger partial charge in [-0.05, 0) is 43.5 Å². The first kappa shape index (κ1) is 19.8. The van der Waals surface area contributed by atoms with E-state index in [1.54, 1.807) is 18.4 Å². The number of carbonyl (C=O) groups excluding carboxylic acids is 1. The van der Waals surface area contributed by atoms with Gasteiger partial charge >= 0.3 is 0 Å². The second-order valence-electron chi connectivity index (χ2n) is 7.14. The number of amides is 1. The summed E-state index contributed by atoms with van der Waals surface area (Å²) in [5.74, 6) is 1.22. The second kappa shape index (κ2) is 8.92. The van der Waals surface area contributed by atoms with Gasteiger partial charge in [0.2, 0.25) is 11.8 Å². The summed E-state index contributed by atoms with van der Waals surface area (Å²) in [6.07, 6.45) is 2.45. The van der Waals surface area contributed by atoms with Crippen molar-refractivity contribution in [1.29, 1.82) is 0 Å². The molecule has 154 valence electrons. The van der Waals surface area contributed by atoms with E-state index in [-0.39, 0.29) is 11.9 Å². The SMILES string of the molecule is CCCN(Cc1nnc(-c2ccco2)o1)[C@H](C)C(=O)Nc1cccc2ccccc12. The van der Waals surface area contributed by atoms with E-state index in [1.807, 2.05) is 54.3 Å². The van der Waals surface area contributed by atoms with Gasteiger partial charge in [0.25, 0.3) is 5.89 Å². The van der Waals surface area contributed by atoms with Crippen LogP contribution in [0.1, 0.15) is 26.2 Å². The van der Waals surface area contributed by atoms with Crippen LogP contribution in [-0.4, -0.2) is 33.6 Å². The molecule has 7 heteroatoms. The molecule has 0 spiro atoms. The third-order valence-electron chi connectivity index (χ3n) is 5.02. The number of furan rings is 1. The molecule has 0 saturated carbocycles. The van der Waals surface area contributed by atoms with E-state index >= 15 is 0 Å². The van der Waals surface area contributed by atoms with Crippen LogP contribution in [0.25, 0.3) is 22.4 Å². The maximum absolute atomic E-state index is 13.0. The molecule has 1 atom stereocenters. The normalized spacial score (nSPS) is 12.4. The van der Waals surface area contributed by atoms with E-state index in [2.05, 4.69) is 22.4 Å². The van der Waals surface area contributed by atoms with Gasteiger partial charge in [-0.2, -0.15) is 0 Å². The lowest BCUT2D eigenvalue weighted by atomic mass is 10.1. The standard InChI is InChI=1S/C23H24N4O3/c1-3-13-27(15-21-25-26-23(30-21)20-12-7-14-29-20)16(2)22(28)24-19-11-6-9-17-8-4-5-10-18(17)19/h4-12,14,16H,3,13,15H2,1-2H3,(H,24,28)/t16-/m1/s1. The number of fused-ring (bicyclic) bond motifs is 1. The van der Waals surface area contributed by atoms with Crippen LogP contribution < -0.4 is 5.32 Å². The maximum atomic E-state index is 13.0. The molecule has 2 aromatic carbocycles. The van der Waals surface area contributed by atoms with Gasteiger partial charge in [-0.15, -0.1) is 10.2 Å². The first-order valence-electron chi connectivity index (χ1n) is 10.0. The van der Waals surface area contributed by atoms with Crippen molar-refractivity contribution in [1.82, 2.24) is 15.1 Å². The van der Waals surface area contributed by atoms with Crippen LogP contribution >= 0.6 is 0 Å². The minimum absolute atomic E-state index is 0.0782. The zero-order valence-corrected chi connectivity index (χ0v) is 17.0. The molecule has 2 heterocycles. The first-order valence-corrected chi connectivity index (χ1v) is 10.0. The van der Waals surface area contributed by atoms with Crippen LogP contribution in [0, 0.1) is 0 Å².